The largest absolute Gasteiger partial charge is 0.301 e. The van der Waals surface area contributed by atoms with Crippen LogP contribution in [0.1, 0.15) is 11.6 Å². The highest BCUT2D eigenvalue weighted by Crippen LogP contribution is 2.18. The Morgan fingerprint density at radius 2 is 1.93 bits per heavy atom. The van der Waals surface area contributed by atoms with Gasteiger partial charge < -0.3 is 4.79 Å². The van der Waals surface area contributed by atoms with Gasteiger partial charge in [0.1, 0.15) is 6.29 Å². The molecule has 2 nitrogen and oxygen atoms in total. The van der Waals surface area contributed by atoms with Crippen LogP contribution in [0.4, 0.5) is 8.78 Å². The fraction of sp³-hybridized carbons (Fsp3) is 0.300. The summed E-state index contributed by atoms with van der Waals surface area (Å²) < 4.78 is 25.4. The minimum absolute atomic E-state index is 0.448. The molecular weight excluding hydrogens is 188 g/mol. The summed E-state index contributed by atoms with van der Waals surface area (Å²) in [7, 11) is 3.39. The van der Waals surface area contributed by atoms with Crippen LogP contribution in [0.3, 0.4) is 0 Å². The molecule has 14 heavy (non-hydrogen) atoms. The minimum atomic E-state index is -0.934. The number of hydrogen-bond donors (Lipinski definition) is 0. The molecular formula is C10H11F2NO. The maximum absolute atomic E-state index is 12.8. The van der Waals surface area contributed by atoms with E-state index in [0.29, 0.717) is 11.8 Å². The molecule has 0 aliphatic carbocycles. The molecule has 0 aliphatic heterocycles. The first kappa shape index (κ1) is 10.8. The second kappa shape index (κ2) is 4.28. The number of aldehydes is 1. The molecule has 1 atom stereocenters. The second-order valence-electron chi connectivity index (χ2n) is 3.22. The van der Waals surface area contributed by atoms with Crippen molar-refractivity contribution in [3.05, 3.63) is 35.4 Å². The zero-order valence-electron chi connectivity index (χ0n) is 8.00. The molecule has 0 heterocycles. The van der Waals surface area contributed by atoms with Gasteiger partial charge in [0.05, 0.1) is 6.04 Å². The van der Waals surface area contributed by atoms with E-state index in [-0.39, 0.29) is 0 Å². The number of rotatable bonds is 3. The van der Waals surface area contributed by atoms with E-state index in [0.717, 1.165) is 12.1 Å². The van der Waals surface area contributed by atoms with Crippen molar-refractivity contribution in [3.8, 4) is 0 Å². The van der Waals surface area contributed by atoms with Crippen LogP contribution in [-0.2, 0) is 4.79 Å². The summed E-state index contributed by atoms with van der Waals surface area (Å²) in [5.41, 5.74) is 0.448. The summed E-state index contributed by atoms with van der Waals surface area (Å²) in [4.78, 5) is 12.3. The van der Waals surface area contributed by atoms with Crippen LogP contribution in [0, 0.1) is 11.6 Å². The fourth-order valence-corrected chi connectivity index (χ4v) is 1.19. The summed E-state index contributed by atoms with van der Waals surface area (Å²) in [6.45, 7) is 0. The number of likely N-dealkylation sites (N-methyl/N-ethyl adjacent to an activating group) is 1. The van der Waals surface area contributed by atoms with E-state index in [2.05, 4.69) is 0 Å². The van der Waals surface area contributed by atoms with Crippen molar-refractivity contribution in [3.63, 3.8) is 0 Å². The molecule has 0 aromatic heterocycles. The molecule has 1 aromatic carbocycles. The summed E-state index contributed by atoms with van der Waals surface area (Å²) in [6.07, 6.45) is 0.687. The van der Waals surface area contributed by atoms with E-state index >= 15 is 0 Å². The van der Waals surface area contributed by atoms with Crippen molar-refractivity contribution < 1.29 is 13.6 Å². The Hall–Kier alpha value is -1.29. The van der Waals surface area contributed by atoms with Crippen LogP contribution >= 0.6 is 0 Å². The van der Waals surface area contributed by atoms with Crippen LogP contribution in [0.25, 0.3) is 0 Å². The van der Waals surface area contributed by atoms with Crippen LogP contribution in [-0.4, -0.2) is 25.3 Å². The number of carbonyl (C=O) groups excluding carboxylic acids is 1. The number of benzene rings is 1. The second-order valence-corrected chi connectivity index (χ2v) is 3.22. The molecule has 0 aliphatic rings. The predicted octanol–water partition coefficient (Wildman–Crippen LogP) is 1.77. The van der Waals surface area contributed by atoms with E-state index in [4.69, 9.17) is 0 Å². The lowest BCUT2D eigenvalue weighted by Crippen LogP contribution is -2.21. The Morgan fingerprint density at radius 3 is 2.36 bits per heavy atom. The Balaban J connectivity index is 3.05. The lowest BCUT2D eigenvalue weighted by atomic mass is 10.1. The van der Waals surface area contributed by atoms with Gasteiger partial charge in [-0.1, -0.05) is 6.07 Å². The normalized spacial score (nSPS) is 12.9. The molecule has 0 saturated heterocycles. The molecule has 0 saturated carbocycles. The van der Waals surface area contributed by atoms with E-state index in [1.807, 2.05) is 0 Å². The third-order valence-corrected chi connectivity index (χ3v) is 1.97. The van der Waals surface area contributed by atoms with E-state index in [9.17, 15) is 13.6 Å². The van der Waals surface area contributed by atoms with Gasteiger partial charge in [0.25, 0.3) is 0 Å². The van der Waals surface area contributed by atoms with Crippen LogP contribution in [0.2, 0.25) is 0 Å². The van der Waals surface area contributed by atoms with Gasteiger partial charge in [0.15, 0.2) is 11.6 Å². The number of halogens is 2. The van der Waals surface area contributed by atoms with Crippen LogP contribution in [0.5, 0.6) is 0 Å². The molecule has 0 bridgehead atoms. The molecule has 0 amide bonds. The topological polar surface area (TPSA) is 20.3 Å². The highest BCUT2D eigenvalue weighted by Gasteiger charge is 2.14. The molecule has 1 rings (SSSR count). The molecule has 4 heteroatoms. The predicted molar refractivity (Wildman–Crippen MR) is 48.9 cm³/mol. The van der Waals surface area contributed by atoms with E-state index < -0.39 is 17.7 Å². The molecule has 0 N–H and O–H groups in total. The quantitative estimate of drug-likeness (QED) is 0.691. The first-order chi connectivity index (χ1) is 6.56. The van der Waals surface area contributed by atoms with Gasteiger partial charge in [-0.15, -0.1) is 0 Å². The molecule has 1 unspecified atom stereocenters. The maximum atomic E-state index is 12.8. The number of nitrogens with zero attached hydrogens (tertiary/aromatic N) is 1. The Bertz CT molecular complexity index is 339. The number of hydrogen-bond acceptors (Lipinski definition) is 2. The summed E-state index contributed by atoms with van der Waals surface area (Å²) in [5, 5.41) is 0. The van der Waals surface area contributed by atoms with E-state index in [1.165, 1.54) is 6.07 Å². The van der Waals surface area contributed by atoms with Gasteiger partial charge in [-0.2, -0.15) is 0 Å². The smallest absolute Gasteiger partial charge is 0.159 e. The van der Waals surface area contributed by atoms with Crippen molar-refractivity contribution >= 4 is 6.29 Å². The monoisotopic (exact) mass is 199 g/mol. The van der Waals surface area contributed by atoms with Gasteiger partial charge >= 0.3 is 0 Å². The Labute approximate surface area is 81.1 Å². The van der Waals surface area contributed by atoms with Crippen molar-refractivity contribution in [1.82, 2.24) is 4.90 Å². The lowest BCUT2D eigenvalue weighted by molar-refractivity contribution is -0.111. The fourth-order valence-electron chi connectivity index (χ4n) is 1.19. The standard InChI is InChI=1S/C10H11F2NO/c1-13(2)10(6-14)7-3-4-8(11)9(12)5-7/h3-6,10H,1-2H3. The Kier molecular flexibility index (Phi) is 3.30. The van der Waals surface area contributed by atoms with E-state index in [1.54, 1.807) is 19.0 Å². The van der Waals surface area contributed by atoms with Crippen molar-refractivity contribution in [2.24, 2.45) is 0 Å². The SMILES string of the molecule is CN(C)C(C=O)c1ccc(F)c(F)c1. The lowest BCUT2D eigenvalue weighted by Gasteiger charge is -2.18. The third kappa shape index (κ3) is 2.14. The summed E-state index contributed by atoms with van der Waals surface area (Å²) in [6, 6.07) is 2.92. The van der Waals surface area contributed by atoms with Gasteiger partial charge in [-0.3, -0.25) is 4.90 Å². The Morgan fingerprint density at radius 1 is 1.29 bits per heavy atom. The van der Waals surface area contributed by atoms with Gasteiger partial charge in [0, 0.05) is 0 Å². The molecule has 0 radical (unpaired) electrons. The minimum Gasteiger partial charge on any atom is -0.301 e. The summed E-state index contributed by atoms with van der Waals surface area (Å²) >= 11 is 0. The molecule has 0 fully saturated rings. The highest BCUT2D eigenvalue weighted by atomic mass is 19.2. The third-order valence-electron chi connectivity index (χ3n) is 1.97. The van der Waals surface area contributed by atoms with Crippen molar-refractivity contribution in [1.29, 1.82) is 0 Å². The van der Waals surface area contributed by atoms with Crippen LogP contribution in [0.15, 0.2) is 18.2 Å². The zero-order valence-corrected chi connectivity index (χ0v) is 8.00. The average Bonchev–Trinajstić information content (AvgIpc) is 2.11. The highest BCUT2D eigenvalue weighted by molar-refractivity contribution is 5.61. The molecule has 1 aromatic rings. The zero-order chi connectivity index (χ0) is 10.7. The van der Waals surface area contributed by atoms with Gasteiger partial charge in [-0.05, 0) is 31.8 Å². The molecule has 0 spiro atoms. The van der Waals surface area contributed by atoms with Crippen molar-refractivity contribution in [2.45, 2.75) is 6.04 Å². The van der Waals surface area contributed by atoms with Gasteiger partial charge in [-0.25, -0.2) is 8.78 Å². The molecule has 76 valence electrons. The first-order valence-corrected chi connectivity index (χ1v) is 4.13. The number of carbonyl (C=O) groups is 1. The summed E-state index contributed by atoms with van der Waals surface area (Å²) in [5.74, 6) is -1.84. The van der Waals surface area contributed by atoms with Crippen molar-refractivity contribution in [2.75, 3.05) is 14.1 Å². The van der Waals surface area contributed by atoms with Gasteiger partial charge in [0.2, 0.25) is 0 Å². The first-order valence-electron chi connectivity index (χ1n) is 4.13. The van der Waals surface area contributed by atoms with Crippen LogP contribution < -0.4 is 0 Å². The maximum Gasteiger partial charge on any atom is 0.159 e. The average molecular weight is 199 g/mol.